The normalized spacial score (nSPS) is 17.3. The van der Waals surface area contributed by atoms with Crippen molar-refractivity contribution in [1.82, 2.24) is 4.72 Å². The zero-order valence-electron chi connectivity index (χ0n) is 7.88. The smallest absolute Gasteiger partial charge is 0.244 e. The van der Waals surface area contributed by atoms with Gasteiger partial charge in [-0.05, 0) is 12.1 Å². The molecule has 1 aromatic rings. The van der Waals surface area contributed by atoms with E-state index in [1.807, 2.05) is 0 Å². The van der Waals surface area contributed by atoms with E-state index in [4.69, 9.17) is 0 Å². The van der Waals surface area contributed by atoms with Crippen molar-refractivity contribution in [2.75, 3.05) is 11.5 Å². The average molecular weight is 245 g/mol. The number of nitrogens with one attached hydrogen (secondary N) is 1. The fraction of sp³-hybridized carbons (Fsp3) is 0.333. The van der Waals surface area contributed by atoms with Gasteiger partial charge in [0.15, 0.2) is 0 Å². The topological polar surface area (TPSA) is 66.4 Å². The maximum atomic E-state index is 11.8. The van der Waals surface area contributed by atoms with E-state index in [2.05, 4.69) is 4.72 Å². The van der Waals surface area contributed by atoms with Gasteiger partial charge in [0.2, 0.25) is 10.0 Å². The minimum Gasteiger partial charge on any atom is -0.507 e. The van der Waals surface area contributed by atoms with Crippen molar-refractivity contribution < 1.29 is 13.5 Å². The van der Waals surface area contributed by atoms with E-state index < -0.39 is 10.0 Å². The van der Waals surface area contributed by atoms with E-state index in [1.165, 1.54) is 12.1 Å². The standard InChI is InChI=1S/C9H11NO3S2/c11-8-3-1-2-4-9(8)15(12,13)10-7-5-14-6-7/h1-4,7,10-11H,5-6H2. The molecule has 0 radical (unpaired) electrons. The van der Waals surface area contributed by atoms with Gasteiger partial charge in [-0.3, -0.25) is 0 Å². The van der Waals surface area contributed by atoms with E-state index in [0.29, 0.717) is 0 Å². The summed E-state index contributed by atoms with van der Waals surface area (Å²) in [5.74, 6) is 1.39. The highest BCUT2D eigenvalue weighted by Crippen LogP contribution is 2.24. The third-order valence-electron chi connectivity index (χ3n) is 2.11. The molecule has 2 rings (SSSR count). The van der Waals surface area contributed by atoms with Gasteiger partial charge in [-0.25, -0.2) is 13.1 Å². The Labute approximate surface area is 92.7 Å². The van der Waals surface area contributed by atoms with E-state index in [0.717, 1.165) is 11.5 Å². The molecule has 0 aromatic heterocycles. The Balaban J connectivity index is 2.24. The van der Waals surface area contributed by atoms with Gasteiger partial charge in [-0.1, -0.05) is 12.1 Å². The molecule has 0 atom stereocenters. The molecule has 4 nitrogen and oxygen atoms in total. The van der Waals surface area contributed by atoms with Crippen molar-refractivity contribution in [3.63, 3.8) is 0 Å². The van der Waals surface area contributed by atoms with Gasteiger partial charge in [-0.2, -0.15) is 11.8 Å². The first-order valence-electron chi connectivity index (χ1n) is 4.48. The molecule has 0 saturated carbocycles. The molecule has 1 saturated heterocycles. The predicted molar refractivity (Wildman–Crippen MR) is 59.5 cm³/mol. The van der Waals surface area contributed by atoms with Crippen LogP contribution in [0.2, 0.25) is 0 Å². The second kappa shape index (κ2) is 4.03. The number of sulfonamides is 1. The molecule has 0 amide bonds. The van der Waals surface area contributed by atoms with Crippen LogP contribution in [0.5, 0.6) is 5.75 Å². The van der Waals surface area contributed by atoms with Gasteiger partial charge in [-0.15, -0.1) is 0 Å². The number of phenols is 1. The van der Waals surface area contributed by atoms with Crippen molar-refractivity contribution in [2.24, 2.45) is 0 Å². The lowest BCUT2D eigenvalue weighted by atomic mass is 10.3. The second-order valence-electron chi connectivity index (χ2n) is 3.32. The van der Waals surface area contributed by atoms with Crippen LogP contribution >= 0.6 is 11.8 Å². The van der Waals surface area contributed by atoms with Gasteiger partial charge in [0, 0.05) is 17.5 Å². The van der Waals surface area contributed by atoms with Gasteiger partial charge < -0.3 is 5.11 Å². The summed E-state index contributed by atoms with van der Waals surface area (Å²) < 4.78 is 26.1. The molecule has 82 valence electrons. The Hall–Kier alpha value is -0.720. The number of hydrogen-bond acceptors (Lipinski definition) is 4. The highest BCUT2D eigenvalue weighted by Gasteiger charge is 2.26. The van der Waals surface area contributed by atoms with Crippen LogP contribution in [0.25, 0.3) is 0 Å². The number of rotatable bonds is 3. The van der Waals surface area contributed by atoms with Crippen molar-refractivity contribution in [3.8, 4) is 5.75 Å². The number of phenolic OH excluding ortho intramolecular Hbond substituents is 1. The highest BCUT2D eigenvalue weighted by molar-refractivity contribution is 8.00. The van der Waals surface area contributed by atoms with Crippen LogP contribution in [-0.2, 0) is 10.0 Å². The van der Waals surface area contributed by atoms with E-state index in [-0.39, 0.29) is 16.7 Å². The zero-order valence-corrected chi connectivity index (χ0v) is 9.51. The Morgan fingerprint density at radius 2 is 2.00 bits per heavy atom. The lowest BCUT2D eigenvalue weighted by Gasteiger charge is -2.25. The Morgan fingerprint density at radius 1 is 1.33 bits per heavy atom. The van der Waals surface area contributed by atoms with Crippen LogP contribution in [0.4, 0.5) is 0 Å². The van der Waals surface area contributed by atoms with E-state index >= 15 is 0 Å². The molecule has 2 N–H and O–H groups in total. The summed E-state index contributed by atoms with van der Waals surface area (Å²) in [5.41, 5.74) is 0. The quantitative estimate of drug-likeness (QED) is 0.826. The van der Waals surface area contributed by atoms with Crippen LogP contribution < -0.4 is 4.72 Å². The molecule has 0 spiro atoms. The molecule has 1 aromatic carbocycles. The summed E-state index contributed by atoms with van der Waals surface area (Å²) in [6.07, 6.45) is 0. The number of thioether (sulfide) groups is 1. The largest absolute Gasteiger partial charge is 0.507 e. The fourth-order valence-corrected chi connectivity index (χ4v) is 3.45. The van der Waals surface area contributed by atoms with Crippen LogP contribution in [-0.4, -0.2) is 31.1 Å². The van der Waals surface area contributed by atoms with E-state index in [1.54, 1.807) is 23.9 Å². The first kappa shape index (κ1) is 10.8. The molecule has 1 fully saturated rings. The maximum absolute atomic E-state index is 11.8. The van der Waals surface area contributed by atoms with Crippen molar-refractivity contribution in [3.05, 3.63) is 24.3 Å². The number of para-hydroxylation sites is 1. The first-order valence-corrected chi connectivity index (χ1v) is 7.11. The summed E-state index contributed by atoms with van der Waals surface area (Å²) >= 11 is 1.70. The molecule has 1 aliphatic heterocycles. The molecule has 6 heteroatoms. The Bertz CT molecular complexity index is 454. The second-order valence-corrected chi connectivity index (χ2v) is 6.08. The monoisotopic (exact) mass is 245 g/mol. The van der Waals surface area contributed by atoms with Crippen molar-refractivity contribution in [1.29, 1.82) is 0 Å². The third-order valence-corrected chi connectivity index (χ3v) is 4.96. The fourth-order valence-electron chi connectivity index (χ4n) is 1.27. The predicted octanol–water partition coefficient (Wildman–Crippen LogP) is 0.786. The van der Waals surface area contributed by atoms with Crippen molar-refractivity contribution >= 4 is 21.8 Å². The summed E-state index contributed by atoms with van der Waals surface area (Å²) in [7, 11) is -3.56. The van der Waals surface area contributed by atoms with Crippen LogP contribution in [0.3, 0.4) is 0 Å². The summed E-state index contributed by atoms with van der Waals surface area (Å²) in [5, 5.41) is 9.43. The zero-order chi connectivity index (χ0) is 10.9. The summed E-state index contributed by atoms with van der Waals surface area (Å²) in [6.45, 7) is 0. The molecule has 1 heterocycles. The Morgan fingerprint density at radius 3 is 2.53 bits per heavy atom. The molecule has 1 aliphatic rings. The highest BCUT2D eigenvalue weighted by atomic mass is 32.2. The van der Waals surface area contributed by atoms with Gasteiger partial charge in [0.1, 0.15) is 10.6 Å². The molecule has 0 unspecified atom stereocenters. The number of aromatic hydroxyl groups is 1. The molecular formula is C9H11NO3S2. The average Bonchev–Trinajstić information content (AvgIpc) is 2.12. The maximum Gasteiger partial charge on any atom is 0.244 e. The molecule has 0 bridgehead atoms. The van der Waals surface area contributed by atoms with E-state index in [9.17, 15) is 13.5 Å². The molecule has 15 heavy (non-hydrogen) atoms. The Kier molecular flexibility index (Phi) is 2.90. The number of benzene rings is 1. The minimum atomic E-state index is -3.56. The van der Waals surface area contributed by atoms with Crippen molar-refractivity contribution in [2.45, 2.75) is 10.9 Å². The van der Waals surface area contributed by atoms with Crippen LogP contribution in [0.1, 0.15) is 0 Å². The lowest BCUT2D eigenvalue weighted by Crippen LogP contribution is -2.43. The summed E-state index contributed by atoms with van der Waals surface area (Å²) in [4.78, 5) is -0.0538. The molecular weight excluding hydrogens is 234 g/mol. The van der Waals surface area contributed by atoms with Crippen LogP contribution in [0.15, 0.2) is 29.2 Å². The third kappa shape index (κ3) is 2.27. The van der Waals surface area contributed by atoms with Gasteiger partial charge in [0.05, 0.1) is 0 Å². The van der Waals surface area contributed by atoms with Gasteiger partial charge >= 0.3 is 0 Å². The molecule has 0 aliphatic carbocycles. The number of hydrogen-bond donors (Lipinski definition) is 2. The minimum absolute atomic E-state index is 0.000365. The lowest BCUT2D eigenvalue weighted by molar-refractivity contribution is 0.457. The van der Waals surface area contributed by atoms with Gasteiger partial charge in [0.25, 0.3) is 0 Å². The first-order chi connectivity index (χ1) is 7.09. The SMILES string of the molecule is O=S(=O)(NC1CSC1)c1ccccc1O. The van der Waals surface area contributed by atoms with Crippen LogP contribution in [0, 0.1) is 0 Å². The summed E-state index contributed by atoms with van der Waals surface area (Å²) in [6, 6.07) is 5.94.